The fourth-order valence-corrected chi connectivity index (χ4v) is 3.20. The largest absolute Gasteiger partial charge is 0.452 e. The molecule has 0 radical (unpaired) electrons. The predicted octanol–water partition coefficient (Wildman–Crippen LogP) is 1.72. The van der Waals surface area contributed by atoms with Crippen molar-refractivity contribution in [3.05, 3.63) is 53.7 Å². The van der Waals surface area contributed by atoms with Crippen LogP contribution in [0.25, 0.3) is 11.1 Å². The topological polar surface area (TPSA) is 127 Å². The van der Waals surface area contributed by atoms with Gasteiger partial charge in [0.2, 0.25) is 5.88 Å². The van der Waals surface area contributed by atoms with Crippen LogP contribution in [-0.4, -0.2) is 30.1 Å². The average molecular weight is 417 g/mol. The number of pyridine rings is 1. The van der Waals surface area contributed by atoms with Gasteiger partial charge in [0.15, 0.2) is 13.2 Å². The quantitative estimate of drug-likeness (QED) is 0.537. The second-order valence-electron chi connectivity index (χ2n) is 6.54. The number of fused-ring (bicyclic) bond motifs is 1. The predicted molar refractivity (Wildman–Crippen MR) is 113 cm³/mol. The molecule has 0 amide bonds. The molecule has 8 heteroatoms. The van der Waals surface area contributed by atoms with Gasteiger partial charge in [0.05, 0.1) is 12.1 Å². The number of ether oxygens (including phenoxy) is 3. The summed E-state index contributed by atoms with van der Waals surface area (Å²) in [4.78, 5) is 29.1. The Labute approximate surface area is 179 Å². The summed E-state index contributed by atoms with van der Waals surface area (Å²) in [6.45, 7) is -0.453. The van der Waals surface area contributed by atoms with Gasteiger partial charge in [-0.15, -0.1) is 12.8 Å². The minimum Gasteiger partial charge on any atom is -0.452 e. The molecule has 1 atom stereocenters. The first-order chi connectivity index (χ1) is 14.9. The number of nitrogen functional groups attached to an aromatic ring is 1. The third kappa shape index (κ3) is 4.77. The van der Waals surface area contributed by atoms with Crippen LogP contribution in [0.4, 0.5) is 5.69 Å². The molecule has 1 unspecified atom stereocenters. The van der Waals surface area contributed by atoms with E-state index in [1.807, 2.05) is 0 Å². The van der Waals surface area contributed by atoms with Crippen molar-refractivity contribution < 1.29 is 23.8 Å². The van der Waals surface area contributed by atoms with Gasteiger partial charge in [-0.1, -0.05) is 17.9 Å². The van der Waals surface area contributed by atoms with Gasteiger partial charge < -0.3 is 25.7 Å². The Morgan fingerprint density at radius 3 is 2.52 bits per heavy atom. The summed E-state index contributed by atoms with van der Waals surface area (Å²) < 4.78 is 15.7. The lowest BCUT2D eigenvalue weighted by atomic mass is 9.84. The summed E-state index contributed by atoms with van der Waals surface area (Å²) in [6.07, 6.45) is 13.3. The molecule has 0 saturated heterocycles. The van der Waals surface area contributed by atoms with Crippen molar-refractivity contribution in [1.82, 2.24) is 4.98 Å². The summed E-state index contributed by atoms with van der Waals surface area (Å²) in [5.74, 6) is 2.46. The van der Waals surface area contributed by atoms with Crippen LogP contribution >= 0.6 is 0 Å². The van der Waals surface area contributed by atoms with Gasteiger partial charge in [0.25, 0.3) is 0 Å². The zero-order valence-corrected chi connectivity index (χ0v) is 16.5. The Balaban J connectivity index is 2.05. The molecule has 1 aromatic carbocycles. The molecule has 4 N–H and O–H groups in total. The Kier molecular flexibility index (Phi) is 6.44. The molecule has 0 bridgehead atoms. The maximum atomic E-state index is 12.6. The summed E-state index contributed by atoms with van der Waals surface area (Å²) in [6, 6.07) is 6.99. The van der Waals surface area contributed by atoms with Crippen LogP contribution in [0.5, 0.6) is 5.75 Å². The van der Waals surface area contributed by atoms with Gasteiger partial charge in [-0.3, -0.25) is 9.78 Å². The average Bonchev–Trinajstić information content (AvgIpc) is 2.75. The molecule has 0 fully saturated rings. The van der Waals surface area contributed by atoms with Gasteiger partial charge in [-0.25, -0.2) is 4.79 Å². The van der Waals surface area contributed by atoms with Crippen LogP contribution in [0.3, 0.4) is 0 Å². The van der Waals surface area contributed by atoms with Gasteiger partial charge in [-0.2, -0.15) is 0 Å². The number of rotatable bonds is 6. The molecule has 2 heterocycles. The van der Waals surface area contributed by atoms with E-state index in [4.69, 9.17) is 38.5 Å². The molecule has 1 aromatic heterocycles. The van der Waals surface area contributed by atoms with Crippen molar-refractivity contribution in [1.29, 1.82) is 0 Å². The van der Waals surface area contributed by atoms with E-state index >= 15 is 0 Å². The Morgan fingerprint density at radius 1 is 1.06 bits per heavy atom. The van der Waals surface area contributed by atoms with Crippen molar-refractivity contribution in [2.75, 3.05) is 18.9 Å². The highest BCUT2D eigenvalue weighted by atomic mass is 16.5. The highest BCUT2D eigenvalue weighted by Crippen LogP contribution is 2.42. The highest BCUT2D eigenvalue weighted by Gasteiger charge is 2.36. The van der Waals surface area contributed by atoms with Crippen LogP contribution < -0.4 is 16.2 Å². The number of benzene rings is 1. The van der Waals surface area contributed by atoms with Crippen LogP contribution in [0.2, 0.25) is 0 Å². The second kappa shape index (κ2) is 9.38. The molecule has 3 rings (SSSR count). The van der Waals surface area contributed by atoms with E-state index in [1.165, 1.54) is 6.20 Å². The smallest absolute Gasteiger partial charge is 0.341 e. The molecule has 1 aliphatic heterocycles. The maximum absolute atomic E-state index is 12.6. The minimum atomic E-state index is -0.798. The maximum Gasteiger partial charge on any atom is 0.341 e. The van der Waals surface area contributed by atoms with Crippen molar-refractivity contribution in [3.63, 3.8) is 0 Å². The van der Waals surface area contributed by atoms with Gasteiger partial charge in [0.1, 0.15) is 11.3 Å². The van der Waals surface area contributed by atoms with Crippen molar-refractivity contribution in [2.24, 2.45) is 5.73 Å². The molecule has 156 valence electrons. The van der Waals surface area contributed by atoms with E-state index in [0.717, 1.165) is 11.1 Å². The van der Waals surface area contributed by atoms with Crippen molar-refractivity contribution in [3.8, 4) is 41.6 Å². The van der Waals surface area contributed by atoms with E-state index < -0.39 is 17.9 Å². The third-order valence-electron chi connectivity index (χ3n) is 4.51. The van der Waals surface area contributed by atoms with Crippen LogP contribution in [0.1, 0.15) is 17.9 Å². The SMILES string of the molecule is C#CCOC(=O)CC1C(C(=O)OCC#C)=C(N)Oc2ccc(-c3cncc(N)c3)cc21. The molecule has 0 spiro atoms. The number of anilines is 1. The third-order valence-corrected chi connectivity index (χ3v) is 4.51. The Hall–Kier alpha value is -4.43. The fraction of sp³-hybridized carbons (Fsp3) is 0.174. The van der Waals surface area contributed by atoms with Crippen molar-refractivity contribution >= 4 is 17.6 Å². The Bertz CT molecular complexity index is 1140. The number of carbonyl (C=O) groups excluding carboxylic acids is 2. The number of hydrogen-bond donors (Lipinski definition) is 2. The number of nitrogens with two attached hydrogens (primary N) is 2. The van der Waals surface area contributed by atoms with Crippen LogP contribution in [0.15, 0.2) is 48.1 Å². The van der Waals surface area contributed by atoms with Crippen LogP contribution in [0, 0.1) is 24.7 Å². The lowest BCUT2D eigenvalue weighted by Gasteiger charge is -2.28. The van der Waals surface area contributed by atoms with E-state index in [2.05, 4.69) is 16.8 Å². The first-order valence-electron chi connectivity index (χ1n) is 9.16. The number of carbonyl (C=O) groups is 2. The summed E-state index contributed by atoms with van der Waals surface area (Å²) in [5.41, 5.74) is 14.3. The lowest BCUT2D eigenvalue weighted by Crippen LogP contribution is -2.28. The number of aromatic nitrogens is 1. The molecule has 0 saturated carbocycles. The number of esters is 2. The molecule has 31 heavy (non-hydrogen) atoms. The lowest BCUT2D eigenvalue weighted by molar-refractivity contribution is -0.142. The normalized spacial score (nSPS) is 14.5. The summed E-state index contributed by atoms with van der Waals surface area (Å²) >= 11 is 0. The molecule has 8 nitrogen and oxygen atoms in total. The summed E-state index contributed by atoms with van der Waals surface area (Å²) in [5, 5.41) is 0. The first kappa shape index (κ1) is 21.3. The molecular formula is C23H19N3O5. The zero-order chi connectivity index (χ0) is 22.4. The highest BCUT2D eigenvalue weighted by molar-refractivity contribution is 5.93. The van der Waals surface area contributed by atoms with Crippen LogP contribution in [-0.2, 0) is 19.1 Å². The van der Waals surface area contributed by atoms with Gasteiger partial charge in [0, 0.05) is 29.4 Å². The molecule has 0 aliphatic carbocycles. The molecular weight excluding hydrogens is 398 g/mol. The first-order valence-corrected chi connectivity index (χ1v) is 9.16. The number of hydrogen-bond acceptors (Lipinski definition) is 8. The van der Waals surface area contributed by atoms with E-state index in [1.54, 1.807) is 30.5 Å². The van der Waals surface area contributed by atoms with Gasteiger partial charge >= 0.3 is 11.9 Å². The standard InChI is InChI=1S/C23H19N3O5/c1-3-7-29-20(27)11-18-17-10-14(15-9-16(24)13-26-12-15)5-6-19(17)31-22(25)21(18)23(28)30-8-4-2/h1-2,5-6,9-10,12-13,18H,7-8,11,24-25H2. The second-order valence-corrected chi connectivity index (χ2v) is 6.54. The molecule has 1 aliphatic rings. The van der Waals surface area contributed by atoms with E-state index in [9.17, 15) is 9.59 Å². The zero-order valence-electron chi connectivity index (χ0n) is 16.5. The van der Waals surface area contributed by atoms with Crippen molar-refractivity contribution in [2.45, 2.75) is 12.3 Å². The number of nitrogens with zero attached hydrogens (tertiary/aromatic N) is 1. The van der Waals surface area contributed by atoms with E-state index in [-0.39, 0.29) is 31.1 Å². The summed E-state index contributed by atoms with van der Waals surface area (Å²) in [7, 11) is 0. The minimum absolute atomic E-state index is 0.0248. The van der Waals surface area contributed by atoms with Gasteiger partial charge in [-0.05, 0) is 23.8 Å². The molecule has 2 aromatic rings. The van der Waals surface area contributed by atoms with E-state index in [0.29, 0.717) is 17.0 Å². The fourth-order valence-electron chi connectivity index (χ4n) is 3.20. The Morgan fingerprint density at radius 2 is 1.81 bits per heavy atom. The monoisotopic (exact) mass is 417 g/mol. The number of terminal acetylenes is 2.